The Hall–Kier alpha value is -0.630. The molecular weight excluding hydrogens is 268 g/mol. The summed E-state index contributed by atoms with van der Waals surface area (Å²) in [5.41, 5.74) is 1.61. The fraction of sp³-hybridized carbons (Fsp3) is 0.850. The third-order valence-corrected chi connectivity index (χ3v) is 5.09. The van der Waals surface area contributed by atoms with Crippen LogP contribution in [0, 0.1) is 0 Å². The molecule has 2 rings (SSSR count). The van der Waals surface area contributed by atoms with Gasteiger partial charge in [-0.3, -0.25) is 0 Å². The molecule has 0 amide bonds. The van der Waals surface area contributed by atoms with Crippen molar-refractivity contribution in [3.05, 3.63) is 11.8 Å². The van der Waals surface area contributed by atoms with Crippen molar-refractivity contribution in [2.24, 2.45) is 0 Å². The van der Waals surface area contributed by atoms with E-state index in [1.165, 1.54) is 103 Å². The first kappa shape index (κ1) is 17.7. The van der Waals surface area contributed by atoms with E-state index in [0.29, 0.717) is 0 Å². The largest absolute Gasteiger partial charge is 0.308 e. The Morgan fingerprint density at radius 2 is 1.41 bits per heavy atom. The van der Waals surface area contributed by atoms with Crippen molar-refractivity contribution in [1.82, 2.24) is 5.32 Å². The molecule has 0 saturated carbocycles. The maximum absolute atomic E-state index is 3.59. The number of hydrogen-bond donors (Lipinski definition) is 1. The van der Waals surface area contributed by atoms with Gasteiger partial charge in [0.25, 0.3) is 0 Å². The van der Waals surface area contributed by atoms with Crippen LogP contribution in [-0.2, 0) is 0 Å². The lowest BCUT2D eigenvalue weighted by atomic mass is 10.1. The first-order valence-corrected chi connectivity index (χ1v) is 9.96. The van der Waals surface area contributed by atoms with Gasteiger partial charge in [-0.1, -0.05) is 44.9 Å². The van der Waals surface area contributed by atoms with Gasteiger partial charge in [0.15, 0.2) is 11.9 Å². The second-order valence-electron chi connectivity index (χ2n) is 7.06. The molecule has 22 heavy (non-hydrogen) atoms. The lowest BCUT2D eigenvalue weighted by Gasteiger charge is -2.08. The van der Waals surface area contributed by atoms with E-state index in [1.807, 2.05) is 0 Å². The molecule has 0 fully saturated rings. The molecule has 126 valence electrons. The highest BCUT2D eigenvalue weighted by Crippen LogP contribution is 2.18. The highest BCUT2D eigenvalue weighted by atomic mass is 15.0. The quantitative estimate of drug-likeness (QED) is 0.671. The minimum atomic E-state index is 1.04. The molecular formula is C20H37N2+. The summed E-state index contributed by atoms with van der Waals surface area (Å²) >= 11 is 0. The number of allylic oxidation sites excluding steroid dienone is 2. The van der Waals surface area contributed by atoms with E-state index < -0.39 is 0 Å². The van der Waals surface area contributed by atoms with Crippen molar-refractivity contribution in [2.45, 2.75) is 89.9 Å². The smallest absolute Gasteiger partial charge is 0.177 e. The van der Waals surface area contributed by atoms with Crippen LogP contribution >= 0.6 is 0 Å². The van der Waals surface area contributed by atoms with E-state index in [0.717, 1.165) is 6.54 Å². The molecule has 0 atom stereocenters. The topological polar surface area (TPSA) is 15.0 Å². The van der Waals surface area contributed by atoms with Crippen molar-refractivity contribution in [2.75, 3.05) is 19.6 Å². The van der Waals surface area contributed by atoms with Crippen LogP contribution in [0.25, 0.3) is 0 Å². The minimum Gasteiger partial charge on any atom is -0.308 e. The molecule has 0 aromatic carbocycles. The molecule has 0 aromatic rings. The number of nitrogens with zero attached hydrogens (tertiary/aromatic N) is 1. The molecule has 2 heteroatoms. The third kappa shape index (κ3) is 7.58. The molecule has 0 saturated heterocycles. The van der Waals surface area contributed by atoms with Crippen LogP contribution in [0.4, 0.5) is 0 Å². The molecule has 2 aliphatic rings. The van der Waals surface area contributed by atoms with Crippen LogP contribution in [-0.4, -0.2) is 30.4 Å². The molecule has 1 heterocycles. The Balaban J connectivity index is 1.97. The monoisotopic (exact) mass is 305 g/mol. The van der Waals surface area contributed by atoms with Crippen LogP contribution < -0.4 is 5.32 Å². The highest BCUT2D eigenvalue weighted by molar-refractivity contribution is 5.54. The van der Waals surface area contributed by atoms with Gasteiger partial charge >= 0.3 is 0 Å². The fourth-order valence-electron chi connectivity index (χ4n) is 3.66. The van der Waals surface area contributed by atoms with Crippen molar-refractivity contribution in [3.8, 4) is 0 Å². The maximum atomic E-state index is 3.59. The lowest BCUT2D eigenvalue weighted by molar-refractivity contribution is -0.477. The van der Waals surface area contributed by atoms with Crippen molar-refractivity contribution in [1.29, 1.82) is 0 Å². The second-order valence-corrected chi connectivity index (χ2v) is 7.06. The van der Waals surface area contributed by atoms with Gasteiger partial charge in [0, 0.05) is 12.8 Å². The first-order valence-electron chi connectivity index (χ1n) is 9.96. The Morgan fingerprint density at radius 1 is 0.727 bits per heavy atom. The summed E-state index contributed by atoms with van der Waals surface area (Å²) in [5, 5.41) is 3.59. The van der Waals surface area contributed by atoms with Gasteiger partial charge in [-0.15, -0.1) is 0 Å². The summed E-state index contributed by atoms with van der Waals surface area (Å²) in [6.07, 6.45) is 24.4. The standard InChI is InChI=1S/C20H37N2/c1-2-4-7-11-15-20(14-10-6-3-1)22-18-13-9-5-8-12-16-21-17-19-22/h14,19,21H,1-13,15-18H2/q+1/b20-14+,22-19-. The Bertz CT molecular complexity index is 310. The van der Waals surface area contributed by atoms with Crippen LogP contribution in [0.5, 0.6) is 0 Å². The SMILES string of the molecule is C1=[N+](\C2=C\CCCCCCCCC2)CCCCCCCNC/1. The molecule has 0 bridgehead atoms. The number of rotatable bonds is 1. The number of nitrogens with one attached hydrogen (secondary N) is 1. The van der Waals surface area contributed by atoms with Crippen molar-refractivity contribution < 1.29 is 4.58 Å². The normalized spacial score (nSPS) is 29.1. The molecule has 1 aliphatic carbocycles. The van der Waals surface area contributed by atoms with Gasteiger partial charge < -0.3 is 5.32 Å². The van der Waals surface area contributed by atoms with E-state index >= 15 is 0 Å². The molecule has 0 radical (unpaired) electrons. The first-order chi connectivity index (χ1) is 11.0. The van der Waals surface area contributed by atoms with E-state index in [-0.39, 0.29) is 0 Å². The molecule has 2 nitrogen and oxygen atoms in total. The predicted molar refractivity (Wildman–Crippen MR) is 96.8 cm³/mol. The zero-order valence-electron chi connectivity index (χ0n) is 14.6. The van der Waals surface area contributed by atoms with Gasteiger partial charge in [0.1, 0.15) is 6.54 Å². The number of hydrogen-bond acceptors (Lipinski definition) is 1. The summed E-state index contributed by atoms with van der Waals surface area (Å²) in [6.45, 7) is 3.45. The summed E-state index contributed by atoms with van der Waals surface area (Å²) in [7, 11) is 0. The van der Waals surface area contributed by atoms with Crippen LogP contribution in [0.15, 0.2) is 11.8 Å². The average Bonchev–Trinajstić information content (AvgIpc) is 2.64. The highest BCUT2D eigenvalue weighted by Gasteiger charge is 2.13. The third-order valence-electron chi connectivity index (χ3n) is 5.09. The molecule has 0 spiro atoms. The zero-order valence-corrected chi connectivity index (χ0v) is 14.6. The van der Waals surface area contributed by atoms with E-state index in [2.05, 4.69) is 22.2 Å². The average molecular weight is 306 g/mol. The molecule has 0 aromatic heterocycles. The van der Waals surface area contributed by atoms with Crippen LogP contribution in [0.1, 0.15) is 89.9 Å². The Morgan fingerprint density at radius 3 is 2.27 bits per heavy atom. The van der Waals surface area contributed by atoms with Crippen LogP contribution in [0.2, 0.25) is 0 Å². The predicted octanol–water partition coefficient (Wildman–Crippen LogP) is 5.03. The summed E-state index contributed by atoms with van der Waals surface area (Å²) in [6, 6.07) is 0. The van der Waals surface area contributed by atoms with Gasteiger partial charge in [-0.2, -0.15) is 0 Å². The van der Waals surface area contributed by atoms with E-state index in [1.54, 1.807) is 5.70 Å². The van der Waals surface area contributed by atoms with Gasteiger partial charge in [-0.25, -0.2) is 4.58 Å². The summed E-state index contributed by atoms with van der Waals surface area (Å²) < 4.78 is 2.59. The van der Waals surface area contributed by atoms with Gasteiger partial charge in [0.2, 0.25) is 0 Å². The molecule has 1 N–H and O–H groups in total. The van der Waals surface area contributed by atoms with Gasteiger partial charge in [0.05, 0.1) is 6.54 Å². The Labute approximate surface area is 138 Å². The van der Waals surface area contributed by atoms with Crippen LogP contribution in [0.3, 0.4) is 0 Å². The van der Waals surface area contributed by atoms with Crippen molar-refractivity contribution in [3.63, 3.8) is 0 Å². The maximum Gasteiger partial charge on any atom is 0.177 e. The minimum absolute atomic E-state index is 1.04. The summed E-state index contributed by atoms with van der Waals surface area (Å²) in [5.74, 6) is 0. The summed E-state index contributed by atoms with van der Waals surface area (Å²) in [4.78, 5) is 0. The lowest BCUT2D eigenvalue weighted by Crippen LogP contribution is -2.24. The van der Waals surface area contributed by atoms with Gasteiger partial charge in [-0.05, 0) is 44.7 Å². The fourth-order valence-corrected chi connectivity index (χ4v) is 3.66. The second kappa shape index (κ2) is 11.9. The molecule has 1 aliphatic heterocycles. The van der Waals surface area contributed by atoms with E-state index in [4.69, 9.17) is 0 Å². The van der Waals surface area contributed by atoms with Crippen molar-refractivity contribution >= 4 is 6.21 Å². The zero-order chi connectivity index (χ0) is 15.3. The molecule has 0 unspecified atom stereocenters. The van der Waals surface area contributed by atoms with E-state index in [9.17, 15) is 0 Å². The Kier molecular flexibility index (Phi) is 9.56.